The van der Waals surface area contributed by atoms with Crippen LogP contribution in [0.4, 0.5) is 0 Å². The molecule has 2 fully saturated rings. The Bertz CT molecular complexity index is 665. The van der Waals surface area contributed by atoms with Crippen molar-refractivity contribution in [2.45, 2.75) is 31.6 Å². The van der Waals surface area contributed by atoms with Crippen molar-refractivity contribution in [1.82, 2.24) is 9.80 Å². The highest BCUT2D eigenvalue weighted by molar-refractivity contribution is 6.30. The molecule has 2 aliphatic heterocycles. The number of nitrogens with zero attached hydrogens (tertiary/aromatic N) is 2. The van der Waals surface area contributed by atoms with Crippen molar-refractivity contribution in [3.05, 3.63) is 47.5 Å². The molecular weight excluding hydrogens is 336 g/mol. The molecule has 5 heteroatoms. The van der Waals surface area contributed by atoms with E-state index in [0.717, 1.165) is 37.4 Å². The van der Waals surface area contributed by atoms with E-state index in [1.807, 2.05) is 17.0 Å². The second kappa shape index (κ2) is 7.20. The van der Waals surface area contributed by atoms with E-state index in [1.54, 1.807) is 4.90 Å². The van der Waals surface area contributed by atoms with Gasteiger partial charge in [0.15, 0.2) is 0 Å². The number of hydrogen-bond acceptors (Lipinski definition) is 2. The maximum absolute atomic E-state index is 12.9. The van der Waals surface area contributed by atoms with Crippen LogP contribution in [0.1, 0.15) is 31.7 Å². The summed E-state index contributed by atoms with van der Waals surface area (Å²) >= 11 is 5.99. The van der Waals surface area contributed by atoms with E-state index in [1.165, 1.54) is 11.6 Å². The summed E-state index contributed by atoms with van der Waals surface area (Å²) in [6, 6.07) is 7.96. The lowest BCUT2D eigenvalue weighted by molar-refractivity contribution is -0.138. The molecule has 0 saturated carbocycles. The fourth-order valence-corrected chi connectivity index (χ4v) is 4.10. The third-order valence-electron chi connectivity index (χ3n) is 5.66. The summed E-state index contributed by atoms with van der Waals surface area (Å²) in [4.78, 5) is 28.4. The Balaban J connectivity index is 1.60. The molecule has 2 amide bonds. The van der Waals surface area contributed by atoms with Gasteiger partial charge in [0.05, 0.1) is 0 Å². The first-order valence-electron chi connectivity index (χ1n) is 8.89. The molecule has 1 unspecified atom stereocenters. The summed E-state index contributed by atoms with van der Waals surface area (Å²) in [5, 5.41) is 0.735. The minimum absolute atomic E-state index is 0.0141. The number of hydrogen-bond donors (Lipinski definition) is 0. The van der Waals surface area contributed by atoms with E-state index in [9.17, 15) is 9.59 Å². The predicted octanol–water partition coefficient (Wildman–Crippen LogP) is 3.25. The molecule has 2 saturated heterocycles. The van der Waals surface area contributed by atoms with Gasteiger partial charge in [0.25, 0.3) is 0 Å². The van der Waals surface area contributed by atoms with E-state index in [0.29, 0.717) is 13.1 Å². The molecule has 1 aromatic rings. The quantitative estimate of drug-likeness (QED) is 0.776. The highest BCUT2D eigenvalue weighted by atomic mass is 35.5. The number of rotatable bonds is 3. The second-order valence-corrected chi connectivity index (χ2v) is 7.82. The van der Waals surface area contributed by atoms with Crippen molar-refractivity contribution in [1.29, 1.82) is 0 Å². The number of carbonyl (C=O) groups is 2. The molecule has 3 rings (SSSR count). The van der Waals surface area contributed by atoms with Crippen LogP contribution in [0.15, 0.2) is 36.9 Å². The number of carbonyl (C=O) groups excluding carboxylic acids is 2. The van der Waals surface area contributed by atoms with Gasteiger partial charge in [-0.25, -0.2) is 0 Å². The van der Waals surface area contributed by atoms with Gasteiger partial charge < -0.3 is 9.80 Å². The summed E-state index contributed by atoms with van der Waals surface area (Å²) in [5.74, 6) is 0.229. The van der Waals surface area contributed by atoms with Gasteiger partial charge in [-0.3, -0.25) is 9.59 Å². The van der Waals surface area contributed by atoms with Crippen LogP contribution in [0.2, 0.25) is 5.02 Å². The van der Waals surface area contributed by atoms with Crippen LogP contribution in [0.5, 0.6) is 0 Å². The van der Waals surface area contributed by atoms with Gasteiger partial charge in [-0.05, 0) is 43.0 Å². The zero-order chi connectivity index (χ0) is 18.0. The van der Waals surface area contributed by atoms with Crippen LogP contribution in [-0.2, 0) is 15.0 Å². The molecule has 0 N–H and O–H groups in total. The Morgan fingerprint density at radius 2 is 1.80 bits per heavy atom. The van der Waals surface area contributed by atoms with Crippen molar-refractivity contribution in [2.24, 2.45) is 5.92 Å². The minimum Gasteiger partial charge on any atom is -0.342 e. The molecule has 134 valence electrons. The van der Waals surface area contributed by atoms with Crippen molar-refractivity contribution in [3.8, 4) is 0 Å². The van der Waals surface area contributed by atoms with Crippen LogP contribution in [-0.4, -0.2) is 47.8 Å². The summed E-state index contributed by atoms with van der Waals surface area (Å²) in [7, 11) is 0. The van der Waals surface area contributed by atoms with E-state index in [4.69, 9.17) is 11.6 Å². The Morgan fingerprint density at radius 1 is 1.16 bits per heavy atom. The topological polar surface area (TPSA) is 40.6 Å². The molecule has 0 spiro atoms. The molecule has 0 aromatic heterocycles. The molecule has 0 radical (unpaired) electrons. The summed E-state index contributed by atoms with van der Waals surface area (Å²) in [6.07, 6.45) is 3.80. The monoisotopic (exact) mass is 360 g/mol. The zero-order valence-electron chi connectivity index (χ0n) is 14.7. The third kappa shape index (κ3) is 3.74. The molecule has 1 aromatic carbocycles. The Hall–Kier alpha value is -1.81. The molecule has 4 nitrogen and oxygen atoms in total. The SMILES string of the molecule is C=CC(=O)N1CCC(C(=O)N2CCC(C)(c3ccc(Cl)cc3)C2)CC1. The predicted molar refractivity (Wildman–Crippen MR) is 99.5 cm³/mol. The third-order valence-corrected chi connectivity index (χ3v) is 5.91. The van der Waals surface area contributed by atoms with Gasteiger partial charge in [0, 0.05) is 42.5 Å². The molecule has 0 aliphatic carbocycles. The van der Waals surface area contributed by atoms with Gasteiger partial charge >= 0.3 is 0 Å². The smallest absolute Gasteiger partial charge is 0.245 e. The van der Waals surface area contributed by atoms with Crippen molar-refractivity contribution in [3.63, 3.8) is 0 Å². The first kappa shape index (κ1) is 18.0. The van der Waals surface area contributed by atoms with Gasteiger partial charge in [0.2, 0.25) is 11.8 Å². The largest absolute Gasteiger partial charge is 0.342 e. The Labute approximate surface area is 154 Å². The first-order valence-corrected chi connectivity index (χ1v) is 9.27. The maximum Gasteiger partial charge on any atom is 0.245 e. The van der Waals surface area contributed by atoms with Crippen molar-refractivity contribution < 1.29 is 9.59 Å². The van der Waals surface area contributed by atoms with Crippen LogP contribution in [0.25, 0.3) is 0 Å². The average molecular weight is 361 g/mol. The highest BCUT2D eigenvalue weighted by Gasteiger charge is 2.39. The van der Waals surface area contributed by atoms with Crippen LogP contribution in [0.3, 0.4) is 0 Å². The fraction of sp³-hybridized carbons (Fsp3) is 0.500. The van der Waals surface area contributed by atoms with Crippen LogP contribution >= 0.6 is 11.6 Å². The number of likely N-dealkylation sites (tertiary alicyclic amines) is 2. The van der Waals surface area contributed by atoms with Crippen molar-refractivity contribution in [2.75, 3.05) is 26.2 Å². The number of halogens is 1. The van der Waals surface area contributed by atoms with Gasteiger partial charge in [0.1, 0.15) is 0 Å². The summed E-state index contributed by atoms with van der Waals surface area (Å²) in [5.41, 5.74) is 1.22. The fourth-order valence-electron chi connectivity index (χ4n) is 3.97. The van der Waals surface area contributed by atoms with E-state index >= 15 is 0 Å². The lowest BCUT2D eigenvalue weighted by atomic mass is 9.82. The average Bonchev–Trinajstić information content (AvgIpc) is 3.04. The molecule has 25 heavy (non-hydrogen) atoms. The summed E-state index contributed by atoms with van der Waals surface area (Å²) in [6.45, 7) is 8.58. The first-order chi connectivity index (χ1) is 11.9. The standard InChI is InChI=1S/C20H25ClN2O2/c1-3-18(24)22-11-8-15(9-12-22)19(25)23-13-10-20(2,14-23)16-4-6-17(21)7-5-16/h3-7,15H,1,8-14H2,2H3. The van der Waals surface area contributed by atoms with Crippen LogP contribution in [0, 0.1) is 5.92 Å². The Morgan fingerprint density at radius 3 is 2.40 bits per heavy atom. The van der Waals surface area contributed by atoms with E-state index < -0.39 is 0 Å². The molecule has 2 aliphatic rings. The molecule has 1 atom stereocenters. The van der Waals surface area contributed by atoms with Crippen molar-refractivity contribution >= 4 is 23.4 Å². The molecule has 2 heterocycles. The van der Waals surface area contributed by atoms with Crippen LogP contribution < -0.4 is 0 Å². The number of piperidine rings is 1. The normalized spacial score (nSPS) is 24.4. The number of benzene rings is 1. The molecular formula is C20H25ClN2O2. The van der Waals surface area contributed by atoms with Gasteiger partial charge in [-0.2, -0.15) is 0 Å². The minimum atomic E-state index is -0.0395. The molecule has 0 bridgehead atoms. The number of amides is 2. The lowest BCUT2D eigenvalue weighted by Crippen LogP contribution is -2.44. The van der Waals surface area contributed by atoms with E-state index in [-0.39, 0.29) is 23.1 Å². The highest BCUT2D eigenvalue weighted by Crippen LogP contribution is 2.36. The second-order valence-electron chi connectivity index (χ2n) is 7.38. The maximum atomic E-state index is 12.9. The van der Waals surface area contributed by atoms with E-state index in [2.05, 4.69) is 25.6 Å². The van der Waals surface area contributed by atoms with Gasteiger partial charge in [-0.15, -0.1) is 0 Å². The van der Waals surface area contributed by atoms with Gasteiger partial charge in [-0.1, -0.05) is 37.2 Å². The summed E-state index contributed by atoms with van der Waals surface area (Å²) < 4.78 is 0. The zero-order valence-corrected chi connectivity index (χ0v) is 15.5. The lowest BCUT2D eigenvalue weighted by Gasteiger charge is -2.33. The Kier molecular flexibility index (Phi) is 5.19.